The molecular weight excluding hydrogens is 322 g/mol. The quantitative estimate of drug-likeness (QED) is 0.603. The molecule has 1 aliphatic rings. The summed E-state index contributed by atoms with van der Waals surface area (Å²) in [4.78, 5) is 25.2. The van der Waals surface area contributed by atoms with E-state index in [4.69, 9.17) is 4.74 Å². The Hall–Kier alpha value is -1.99. The van der Waals surface area contributed by atoms with Crippen LogP contribution in [0, 0.1) is 23.0 Å². The highest BCUT2D eigenvalue weighted by Gasteiger charge is 2.23. The van der Waals surface area contributed by atoms with Crippen LogP contribution in [0.2, 0.25) is 0 Å². The van der Waals surface area contributed by atoms with Crippen molar-refractivity contribution in [3.8, 4) is 0 Å². The SMILES string of the molecule is Cc1cc(C(=O)NC[C@@H](CC(C)C)N2CCOCC2)ccc1[N+](=O)[O-]. The van der Waals surface area contributed by atoms with Gasteiger partial charge in [0.15, 0.2) is 0 Å². The number of carbonyl (C=O) groups is 1. The van der Waals surface area contributed by atoms with Gasteiger partial charge in [0, 0.05) is 42.9 Å². The lowest BCUT2D eigenvalue weighted by Gasteiger charge is -2.35. The molecule has 1 aliphatic heterocycles. The number of morpholine rings is 1. The molecule has 1 atom stereocenters. The molecule has 0 unspecified atom stereocenters. The van der Waals surface area contributed by atoms with Crippen LogP contribution >= 0.6 is 0 Å². The van der Waals surface area contributed by atoms with Gasteiger partial charge >= 0.3 is 0 Å². The topological polar surface area (TPSA) is 84.7 Å². The van der Waals surface area contributed by atoms with Crippen LogP contribution in [0.25, 0.3) is 0 Å². The first-order chi connectivity index (χ1) is 11.9. The molecule has 1 N–H and O–H groups in total. The predicted molar refractivity (Wildman–Crippen MR) is 95.8 cm³/mol. The van der Waals surface area contributed by atoms with Crippen LogP contribution in [0.1, 0.15) is 36.2 Å². The smallest absolute Gasteiger partial charge is 0.272 e. The van der Waals surface area contributed by atoms with Gasteiger partial charge in [0.25, 0.3) is 11.6 Å². The van der Waals surface area contributed by atoms with Gasteiger partial charge < -0.3 is 10.1 Å². The predicted octanol–water partition coefficient (Wildman–Crippen LogP) is 2.38. The Morgan fingerprint density at radius 2 is 2.04 bits per heavy atom. The Bertz CT molecular complexity index is 612. The zero-order valence-electron chi connectivity index (χ0n) is 15.2. The molecule has 0 bridgehead atoms. The van der Waals surface area contributed by atoms with Gasteiger partial charge in [0.1, 0.15) is 0 Å². The maximum atomic E-state index is 12.4. The van der Waals surface area contributed by atoms with Crippen LogP contribution < -0.4 is 5.32 Å². The fourth-order valence-corrected chi connectivity index (χ4v) is 3.16. The summed E-state index contributed by atoms with van der Waals surface area (Å²) < 4.78 is 5.41. The summed E-state index contributed by atoms with van der Waals surface area (Å²) >= 11 is 0. The maximum Gasteiger partial charge on any atom is 0.272 e. The average Bonchev–Trinajstić information content (AvgIpc) is 2.58. The van der Waals surface area contributed by atoms with E-state index in [9.17, 15) is 14.9 Å². The van der Waals surface area contributed by atoms with Gasteiger partial charge in [-0.15, -0.1) is 0 Å². The van der Waals surface area contributed by atoms with Crippen molar-refractivity contribution in [2.75, 3.05) is 32.8 Å². The molecule has 0 radical (unpaired) electrons. The van der Waals surface area contributed by atoms with Gasteiger partial charge in [0.2, 0.25) is 0 Å². The first-order valence-electron chi connectivity index (χ1n) is 8.73. The molecule has 7 nitrogen and oxygen atoms in total. The molecule has 1 aromatic carbocycles. The van der Waals surface area contributed by atoms with E-state index in [1.807, 2.05) is 0 Å². The summed E-state index contributed by atoms with van der Waals surface area (Å²) in [5.41, 5.74) is 0.973. The van der Waals surface area contributed by atoms with Crippen molar-refractivity contribution < 1.29 is 14.5 Å². The number of carbonyl (C=O) groups excluding carboxylic acids is 1. The van der Waals surface area contributed by atoms with Crippen LogP contribution in [0.4, 0.5) is 5.69 Å². The summed E-state index contributed by atoms with van der Waals surface area (Å²) in [6, 6.07) is 4.73. The van der Waals surface area contributed by atoms with E-state index < -0.39 is 4.92 Å². The molecule has 0 aromatic heterocycles. The monoisotopic (exact) mass is 349 g/mol. The first kappa shape index (κ1) is 19.3. The highest BCUT2D eigenvalue weighted by atomic mass is 16.6. The second-order valence-electron chi connectivity index (χ2n) is 6.90. The third-order valence-corrected chi connectivity index (χ3v) is 4.46. The van der Waals surface area contributed by atoms with E-state index in [0.29, 0.717) is 23.6 Å². The zero-order valence-corrected chi connectivity index (χ0v) is 15.2. The molecule has 0 spiro atoms. The molecule has 25 heavy (non-hydrogen) atoms. The van der Waals surface area contributed by atoms with Gasteiger partial charge in [-0.25, -0.2) is 0 Å². The summed E-state index contributed by atoms with van der Waals surface area (Å²) in [6.45, 7) is 9.77. The number of ether oxygens (including phenoxy) is 1. The van der Waals surface area contributed by atoms with E-state index in [0.717, 1.165) is 32.7 Å². The fourth-order valence-electron chi connectivity index (χ4n) is 3.16. The van der Waals surface area contributed by atoms with Crippen molar-refractivity contribution in [2.24, 2.45) is 5.92 Å². The number of benzene rings is 1. The van der Waals surface area contributed by atoms with E-state index >= 15 is 0 Å². The fraction of sp³-hybridized carbons (Fsp3) is 0.611. The second-order valence-corrected chi connectivity index (χ2v) is 6.90. The molecule has 7 heteroatoms. The highest BCUT2D eigenvalue weighted by molar-refractivity contribution is 5.94. The number of nitrogens with one attached hydrogen (secondary N) is 1. The number of nitro benzene ring substituents is 1. The van der Waals surface area contributed by atoms with Gasteiger partial charge in [-0.1, -0.05) is 13.8 Å². The normalized spacial score (nSPS) is 16.6. The summed E-state index contributed by atoms with van der Waals surface area (Å²) in [7, 11) is 0. The summed E-state index contributed by atoms with van der Waals surface area (Å²) in [5.74, 6) is 0.339. The van der Waals surface area contributed by atoms with Crippen LogP contribution in [-0.2, 0) is 4.74 Å². The van der Waals surface area contributed by atoms with Crippen LogP contribution in [0.15, 0.2) is 18.2 Å². The second kappa shape index (κ2) is 8.92. The lowest BCUT2D eigenvalue weighted by molar-refractivity contribution is -0.385. The molecular formula is C18H27N3O4. The van der Waals surface area contributed by atoms with Crippen molar-refractivity contribution in [1.29, 1.82) is 0 Å². The van der Waals surface area contributed by atoms with Gasteiger partial charge in [-0.05, 0) is 31.4 Å². The number of rotatable bonds is 7. The standard InChI is InChI=1S/C18H27N3O4/c1-13(2)10-16(20-6-8-25-9-7-20)12-19-18(22)15-4-5-17(21(23)24)14(3)11-15/h4-5,11,13,16H,6-10,12H2,1-3H3,(H,19,22)/t16-/m1/s1. The molecule has 1 heterocycles. The van der Waals surface area contributed by atoms with Gasteiger partial charge in [-0.3, -0.25) is 19.8 Å². The lowest BCUT2D eigenvalue weighted by Crippen LogP contribution is -2.49. The largest absolute Gasteiger partial charge is 0.379 e. The molecule has 0 aliphatic carbocycles. The zero-order chi connectivity index (χ0) is 18.4. The van der Waals surface area contributed by atoms with Crippen molar-refractivity contribution in [3.05, 3.63) is 39.4 Å². The average molecular weight is 349 g/mol. The molecule has 2 rings (SSSR count). The summed E-state index contributed by atoms with van der Waals surface area (Å²) in [6.07, 6.45) is 1.000. The third kappa shape index (κ3) is 5.51. The molecule has 1 fully saturated rings. The van der Waals surface area contributed by atoms with E-state index in [-0.39, 0.29) is 17.6 Å². The number of nitro groups is 1. The number of nitrogens with zero attached hydrogens (tertiary/aromatic N) is 2. The molecule has 1 amide bonds. The molecule has 0 saturated carbocycles. The van der Waals surface area contributed by atoms with Crippen LogP contribution in [-0.4, -0.2) is 54.6 Å². The van der Waals surface area contributed by atoms with E-state index in [2.05, 4.69) is 24.1 Å². The maximum absolute atomic E-state index is 12.4. The minimum absolute atomic E-state index is 0.0301. The Balaban J connectivity index is 2.00. The first-order valence-corrected chi connectivity index (χ1v) is 8.73. The molecule has 138 valence electrons. The number of hydrogen-bond donors (Lipinski definition) is 1. The lowest BCUT2D eigenvalue weighted by atomic mass is 10.0. The Labute approximate surface area is 148 Å². The van der Waals surface area contributed by atoms with E-state index in [1.54, 1.807) is 13.0 Å². The van der Waals surface area contributed by atoms with Crippen LogP contribution in [0.5, 0.6) is 0 Å². The number of aryl methyl sites for hydroxylation is 1. The van der Waals surface area contributed by atoms with Crippen molar-refractivity contribution >= 4 is 11.6 Å². The van der Waals surface area contributed by atoms with Crippen molar-refractivity contribution in [1.82, 2.24) is 10.2 Å². The highest BCUT2D eigenvalue weighted by Crippen LogP contribution is 2.19. The van der Waals surface area contributed by atoms with E-state index in [1.165, 1.54) is 12.1 Å². The Morgan fingerprint density at radius 3 is 2.60 bits per heavy atom. The summed E-state index contributed by atoms with van der Waals surface area (Å²) in [5, 5.41) is 13.9. The van der Waals surface area contributed by atoms with Gasteiger partial charge in [0.05, 0.1) is 18.1 Å². The van der Waals surface area contributed by atoms with Gasteiger partial charge in [-0.2, -0.15) is 0 Å². The minimum atomic E-state index is -0.436. The molecule has 1 aromatic rings. The van der Waals surface area contributed by atoms with Crippen LogP contribution in [0.3, 0.4) is 0 Å². The Kier molecular flexibility index (Phi) is 6.90. The number of hydrogen-bond acceptors (Lipinski definition) is 5. The molecule has 1 saturated heterocycles. The Morgan fingerprint density at radius 1 is 1.36 bits per heavy atom. The third-order valence-electron chi connectivity index (χ3n) is 4.46. The van der Waals surface area contributed by atoms with Crippen molar-refractivity contribution in [2.45, 2.75) is 33.2 Å². The van der Waals surface area contributed by atoms with Crippen molar-refractivity contribution in [3.63, 3.8) is 0 Å². The minimum Gasteiger partial charge on any atom is -0.379 e. The number of amides is 1.